The summed E-state index contributed by atoms with van der Waals surface area (Å²) in [6.45, 7) is 2.61. The Balaban J connectivity index is 1.68. The average Bonchev–Trinajstić information content (AvgIpc) is 2.41. The number of anilines is 1. The van der Waals surface area contributed by atoms with E-state index in [1.54, 1.807) is 0 Å². The van der Waals surface area contributed by atoms with Crippen molar-refractivity contribution in [2.75, 3.05) is 18.4 Å². The quantitative estimate of drug-likeness (QED) is 0.838. The molecule has 3 rings (SSSR count). The van der Waals surface area contributed by atoms with Gasteiger partial charge in [0.2, 0.25) is 0 Å². The number of benzene rings is 1. The van der Waals surface area contributed by atoms with E-state index in [4.69, 9.17) is 0 Å². The van der Waals surface area contributed by atoms with Gasteiger partial charge in [-0.1, -0.05) is 24.6 Å². The fourth-order valence-corrected chi connectivity index (χ4v) is 2.75. The Morgan fingerprint density at radius 1 is 1.28 bits per heavy atom. The second-order valence-corrected chi connectivity index (χ2v) is 5.11. The molecule has 96 valence electrons. The first-order chi connectivity index (χ1) is 8.83. The minimum atomic E-state index is 0.0288. The lowest BCUT2D eigenvalue weighted by Crippen LogP contribution is -2.48. The molecule has 0 spiro atoms. The fourth-order valence-electron chi connectivity index (χ4n) is 2.75. The molecule has 0 radical (unpaired) electrons. The van der Waals surface area contributed by atoms with Crippen LogP contribution in [-0.4, -0.2) is 30.1 Å². The molecule has 1 aromatic carbocycles. The number of hydrogen-bond donors (Lipinski definition) is 2. The third-order valence-corrected chi connectivity index (χ3v) is 3.76. The van der Waals surface area contributed by atoms with E-state index in [0.29, 0.717) is 6.04 Å². The van der Waals surface area contributed by atoms with Gasteiger partial charge in [-0.05, 0) is 31.0 Å². The molecule has 0 saturated carbocycles. The van der Waals surface area contributed by atoms with Crippen LogP contribution in [0.25, 0.3) is 0 Å². The van der Waals surface area contributed by atoms with Crippen LogP contribution in [0, 0.1) is 0 Å². The first-order valence-electron chi connectivity index (χ1n) is 6.70. The van der Waals surface area contributed by atoms with Crippen molar-refractivity contribution < 1.29 is 4.79 Å². The van der Waals surface area contributed by atoms with Crippen molar-refractivity contribution in [2.45, 2.75) is 31.8 Å². The third kappa shape index (κ3) is 2.34. The first kappa shape index (κ1) is 11.5. The number of fused-ring (bicyclic) bond motifs is 1. The first-order valence-corrected chi connectivity index (χ1v) is 6.70. The molecule has 0 unspecified atom stereocenters. The highest BCUT2D eigenvalue weighted by atomic mass is 16.2. The molecule has 1 atom stereocenters. The van der Waals surface area contributed by atoms with Gasteiger partial charge in [-0.3, -0.25) is 0 Å². The van der Waals surface area contributed by atoms with Crippen molar-refractivity contribution in [3.05, 3.63) is 29.8 Å². The van der Waals surface area contributed by atoms with Gasteiger partial charge in [-0.2, -0.15) is 0 Å². The number of carbonyl (C=O) groups excluding carboxylic acids is 1. The van der Waals surface area contributed by atoms with E-state index in [-0.39, 0.29) is 6.03 Å². The Hall–Kier alpha value is -1.55. The SMILES string of the molecule is O=C1Nc2ccccc2CN1C[C@@H]1CCCCN1. The maximum Gasteiger partial charge on any atom is 0.322 e. The Morgan fingerprint density at radius 2 is 2.17 bits per heavy atom. The van der Waals surface area contributed by atoms with Crippen LogP contribution >= 0.6 is 0 Å². The van der Waals surface area contributed by atoms with E-state index in [0.717, 1.165) is 25.3 Å². The van der Waals surface area contributed by atoms with Crippen LogP contribution < -0.4 is 10.6 Å². The van der Waals surface area contributed by atoms with Crippen molar-refractivity contribution in [1.82, 2.24) is 10.2 Å². The van der Waals surface area contributed by atoms with E-state index in [2.05, 4.69) is 16.7 Å². The van der Waals surface area contributed by atoms with Gasteiger partial charge < -0.3 is 15.5 Å². The number of para-hydroxylation sites is 1. The maximum atomic E-state index is 12.0. The fraction of sp³-hybridized carbons (Fsp3) is 0.500. The lowest BCUT2D eigenvalue weighted by Gasteiger charge is -2.34. The van der Waals surface area contributed by atoms with Crippen LogP contribution in [0.3, 0.4) is 0 Å². The zero-order valence-corrected chi connectivity index (χ0v) is 10.5. The van der Waals surface area contributed by atoms with Crippen LogP contribution in [-0.2, 0) is 6.54 Å². The Kier molecular flexibility index (Phi) is 3.19. The van der Waals surface area contributed by atoms with E-state index in [1.807, 2.05) is 23.1 Å². The molecule has 2 aliphatic rings. The molecule has 2 amide bonds. The molecule has 4 heteroatoms. The second kappa shape index (κ2) is 4.98. The van der Waals surface area contributed by atoms with Crippen molar-refractivity contribution >= 4 is 11.7 Å². The second-order valence-electron chi connectivity index (χ2n) is 5.11. The van der Waals surface area contributed by atoms with E-state index in [9.17, 15) is 4.79 Å². The van der Waals surface area contributed by atoms with E-state index in [1.165, 1.54) is 24.8 Å². The largest absolute Gasteiger partial charge is 0.322 e. The zero-order valence-electron chi connectivity index (χ0n) is 10.5. The number of rotatable bonds is 2. The number of piperidine rings is 1. The molecule has 1 saturated heterocycles. The highest BCUT2D eigenvalue weighted by Crippen LogP contribution is 2.23. The highest BCUT2D eigenvalue weighted by molar-refractivity contribution is 5.92. The minimum Gasteiger partial charge on any atom is -0.319 e. The number of nitrogens with one attached hydrogen (secondary N) is 2. The highest BCUT2D eigenvalue weighted by Gasteiger charge is 2.25. The molecule has 0 aliphatic carbocycles. The van der Waals surface area contributed by atoms with Crippen LogP contribution in [0.2, 0.25) is 0 Å². The van der Waals surface area contributed by atoms with Crippen LogP contribution in [0.15, 0.2) is 24.3 Å². The van der Waals surface area contributed by atoms with Crippen molar-refractivity contribution in [3.8, 4) is 0 Å². The number of amides is 2. The van der Waals surface area contributed by atoms with Gasteiger partial charge in [-0.15, -0.1) is 0 Å². The summed E-state index contributed by atoms with van der Waals surface area (Å²) in [4.78, 5) is 13.9. The van der Waals surface area contributed by atoms with Gasteiger partial charge in [0.1, 0.15) is 0 Å². The zero-order chi connectivity index (χ0) is 12.4. The van der Waals surface area contributed by atoms with Gasteiger partial charge >= 0.3 is 6.03 Å². The predicted octanol–water partition coefficient (Wildman–Crippen LogP) is 2.18. The van der Waals surface area contributed by atoms with E-state index < -0.39 is 0 Å². The monoisotopic (exact) mass is 245 g/mol. The van der Waals surface area contributed by atoms with Crippen LogP contribution in [0.5, 0.6) is 0 Å². The molecular formula is C14H19N3O. The maximum absolute atomic E-state index is 12.0. The number of nitrogens with zero attached hydrogens (tertiary/aromatic N) is 1. The Bertz CT molecular complexity index is 440. The summed E-state index contributed by atoms with van der Waals surface area (Å²) in [6, 6.07) is 8.50. The molecule has 0 bridgehead atoms. The summed E-state index contributed by atoms with van der Waals surface area (Å²) < 4.78 is 0. The van der Waals surface area contributed by atoms with Gasteiger partial charge in [0, 0.05) is 24.8 Å². The molecule has 2 N–H and O–H groups in total. The van der Waals surface area contributed by atoms with Crippen molar-refractivity contribution in [3.63, 3.8) is 0 Å². The van der Waals surface area contributed by atoms with Crippen molar-refractivity contribution in [2.24, 2.45) is 0 Å². The normalized spacial score (nSPS) is 23.4. The molecule has 4 nitrogen and oxygen atoms in total. The molecule has 2 heterocycles. The van der Waals surface area contributed by atoms with Crippen molar-refractivity contribution in [1.29, 1.82) is 0 Å². The molecule has 18 heavy (non-hydrogen) atoms. The molecule has 2 aliphatic heterocycles. The summed E-state index contributed by atoms with van der Waals surface area (Å²) >= 11 is 0. The number of hydrogen-bond acceptors (Lipinski definition) is 2. The summed E-state index contributed by atoms with van der Waals surface area (Å²) in [5, 5.41) is 6.45. The lowest BCUT2D eigenvalue weighted by molar-refractivity contribution is 0.194. The van der Waals surface area contributed by atoms with Crippen LogP contribution in [0.1, 0.15) is 24.8 Å². The molecular weight excluding hydrogens is 226 g/mol. The third-order valence-electron chi connectivity index (χ3n) is 3.76. The standard InChI is InChI=1S/C14H19N3O/c18-14-16-13-7-2-1-5-11(13)9-17(14)10-12-6-3-4-8-15-12/h1-2,5,7,12,15H,3-4,6,8-10H2,(H,16,18)/t12-/m0/s1. The average molecular weight is 245 g/mol. The van der Waals surface area contributed by atoms with E-state index >= 15 is 0 Å². The molecule has 1 fully saturated rings. The molecule has 1 aromatic rings. The summed E-state index contributed by atoms with van der Waals surface area (Å²) in [5.41, 5.74) is 2.16. The van der Waals surface area contributed by atoms with Gasteiger partial charge in [0.15, 0.2) is 0 Å². The van der Waals surface area contributed by atoms with Gasteiger partial charge in [0.05, 0.1) is 0 Å². The summed E-state index contributed by atoms with van der Waals surface area (Å²) in [7, 11) is 0. The van der Waals surface area contributed by atoms with Gasteiger partial charge in [0.25, 0.3) is 0 Å². The smallest absolute Gasteiger partial charge is 0.319 e. The van der Waals surface area contributed by atoms with Crippen LogP contribution in [0.4, 0.5) is 10.5 Å². The Labute approximate surface area is 107 Å². The lowest BCUT2D eigenvalue weighted by atomic mass is 10.0. The number of carbonyl (C=O) groups is 1. The predicted molar refractivity (Wildman–Crippen MR) is 71.5 cm³/mol. The summed E-state index contributed by atoms with van der Waals surface area (Å²) in [5.74, 6) is 0. The molecule has 0 aromatic heterocycles. The Morgan fingerprint density at radius 3 is 3.00 bits per heavy atom. The minimum absolute atomic E-state index is 0.0288. The van der Waals surface area contributed by atoms with Gasteiger partial charge in [-0.25, -0.2) is 4.79 Å². The number of urea groups is 1. The topological polar surface area (TPSA) is 44.4 Å². The summed E-state index contributed by atoms with van der Waals surface area (Å²) in [6.07, 6.45) is 3.70.